The maximum absolute atomic E-state index is 3.42. The Morgan fingerprint density at radius 1 is 1.25 bits per heavy atom. The molecule has 0 aromatic heterocycles. The van der Waals surface area contributed by atoms with Crippen LogP contribution in [-0.2, 0) is 0 Å². The van der Waals surface area contributed by atoms with E-state index in [0.29, 0.717) is 6.04 Å². The molecule has 1 N–H and O–H groups in total. The molecule has 1 nitrogen and oxygen atoms in total. The Morgan fingerprint density at radius 2 is 2.06 bits per heavy atom. The van der Waals surface area contributed by atoms with Gasteiger partial charge in [0.05, 0.1) is 0 Å². The van der Waals surface area contributed by atoms with Crippen molar-refractivity contribution in [3.63, 3.8) is 0 Å². The highest BCUT2D eigenvalue weighted by Crippen LogP contribution is 2.21. The molecule has 0 saturated heterocycles. The van der Waals surface area contributed by atoms with E-state index >= 15 is 0 Å². The second kappa shape index (κ2) is 8.07. The summed E-state index contributed by atoms with van der Waals surface area (Å²) in [7, 11) is 2.06. The van der Waals surface area contributed by atoms with Crippen molar-refractivity contribution in [3.05, 3.63) is 33.4 Å². The van der Waals surface area contributed by atoms with Gasteiger partial charge in [0.15, 0.2) is 0 Å². The maximum Gasteiger partial charge on any atom is 0.0317 e. The fourth-order valence-corrected chi connectivity index (χ4v) is 2.54. The summed E-state index contributed by atoms with van der Waals surface area (Å²) in [5.41, 5.74) is 1.42. The second-order valence-electron chi connectivity index (χ2n) is 4.25. The minimum absolute atomic E-state index is 0.520. The zero-order valence-corrected chi connectivity index (χ0v) is 12.5. The van der Waals surface area contributed by atoms with Gasteiger partial charge in [0, 0.05) is 9.61 Å². The lowest BCUT2D eigenvalue weighted by atomic mass is 10.0. The SMILES string of the molecule is CCCCCCC(NC)c1cccc(I)c1. The molecule has 0 fully saturated rings. The predicted octanol–water partition coefficient (Wildman–Crippen LogP) is 4.52. The summed E-state index contributed by atoms with van der Waals surface area (Å²) in [4.78, 5) is 0. The van der Waals surface area contributed by atoms with Crippen LogP contribution in [0.3, 0.4) is 0 Å². The molecule has 1 atom stereocenters. The van der Waals surface area contributed by atoms with Gasteiger partial charge in [-0.25, -0.2) is 0 Å². The standard InChI is InChI=1S/C14H22IN/c1-3-4-5-6-10-14(16-2)12-8-7-9-13(15)11-12/h7-9,11,14,16H,3-6,10H2,1-2H3. The van der Waals surface area contributed by atoms with Crippen molar-refractivity contribution >= 4 is 22.6 Å². The summed E-state index contributed by atoms with van der Waals surface area (Å²) < 4.78 is 1.32. The predicted molar refractivity (Wildman–Crippen MR) is 79.7 cm³/mol. The van der Waals surface area contributed by atoms with Crippen molar-refractivity contribution in [1.29, 1.82) is 0 Å². The van der Waals surface area contributed by atoms with Gasteiger partial charge in [-0.1, -0.05) is 44.7 Å². The molecule has 0 aliphatic heterocycles. The topological polar surface area (TPSA) is 12.0 Å². The number of benzene rings is 1. The average molecular weight is 331 g/mol. The molecule has 1 rings (SSSR count). The third-order valence-electron chi connectivity index (χ3n) is 2.95. The van der Waals surface area contributed by atoms with Crippen LogP contribution >= 0.6 is 22.6 Å². The number of hydrogen-bond acceptors (Lipinski definition) is 1. The highest BCUT2D eigenvalue weighted by molar-refractivity contribution is 14.1. The van der Waals surface area contributed by atoms with Gasteiger partial charge in [-0.2, -0.15) is 0 Å². The Morgan fingerprint density at radius 3 is 2.69 bits per heavy atom. The summed E-state index contributed by atoms with van der Waals surface area (Å²) in [6.45, 7) is 2.26. The minimum atomic E-state index is 0.520. The molecule has 1 unspecified atom stereocenters. The van der Waals surface area contributed by atoms with E-state index in [1.165, 1.54) is 41.2 Å². The smallest absolute Gasteiger partial charge is 0.0317 e. The van der Waals surface area contributed by atoms with Crippen LogP contribution in [0.1, 0.15) is 50.6 Å². The number of rotatable bonds is 7. The molecule has 0 saturated carbocycles. The molecule has 0 spiro atoms. The molecule has 2 heteroatoms. The largest absolute Gasteiger partial charge is 0.313 e. The quantitative estimate of drug-likeness (QED) is 0.572. The van der Waals surface area contributed by atoms with Crippen molar-refractivity contribution in [2.45, 2.75) is 45.1 Å². The van der Waals surface area contributed by atoms with Crippen LogP contribution in [0.4, 0.5) is 0 Å². The number of nitrogens with one attached hydrogen (secondary N) is 1. The van der Waals surface area contributed by atoms with E-state index in [9.17, 15) is 0 Å². The van der Waals surface area contributed by atoms with Crippen molar-refractivity contribution in [3.8, 4) is 0 Å². The van der Waals surface area contributed by atoms with Crippen molar-refractivity contribution in [2.75, 3.05) is 7.05 Å². The maximum atomic E-state index is 3.42. The van der Waals surface area contributed by atoms with E-state index in [-0.39, 0.29) is 0 Å². The molecule has 0 aliphatic carbocycles. The summed E-state index contributed by atoms with van der Waals surface area (Å²) in [5.74, 6) is 0. The van der Waals surface area contributed by atoms with Crippen molar-refractivity contribution in [1.82, 2.24) is 5.32 Å². The third-order valence-corrected chi connectivity index (χ3v) is 3.62. The van der Waals surface area contributed by atoms with Gasteiger partial charge in [-0.3, -0.25) is 0 Å². The van der Waals surface area contributed by atoms with Crippen molar-refractivity contribution < 1.29 is 0 Å². The van der Waals surface area contributed by atoms with Crippen LogP contribution in [0, 0.1) is 3.57 Å². The van der Waals surface area contributed by atoms with Gasteiger partial charge in [0.1, 0.15) is 0 Å². The summed E-state index contributed by atoms with van der Waals surface area (Å²) in [5, 5.41) is 3.42. The number of hydrogen-bond donors (Lipinski definition) is 1. The Labute approximate surface area is 113 Å². The van der Waals surface area contributed by atoms with Gasteiger partial charge in [-0.05, 0) is 53.8 Å². The van der Waals surface area contributed by atoms with Gasteiger partial charge in [0.2, 0.25) is 0 Å². The molecule has 0 aliphatic rings. The fraction of sp³-hybridized carbons (Fsp3) is 0.571. The second-order valence-corrected chi connectivity index (χ2v) is 5.49. The first-order valence-corrected chi connectivity index (χ1v) is 7.28. The van der Waals surface area contributed by atoms with Gasteiger partial charge < -0.3 is 5.32 Å². The summed E-state index contributed by atoms with van der Waals surface area (Å²) >= 11 is 2.38. The number of halogens is 1. The monoisotopic (exact) mass is 331 g/mol. The highest BCUT2D eigenvalue weighted by atomic mass is 127. The van der Waals surface area contributed by atoms with Crippen LogP contribution in [0.15, 0.2) is 24.3 Å². The van der Waals surface area contributed by atoms with E-state index in [1.54, 1.807) is 0 Å². The van der Waals surface area contributed by atoms with Gasteiger partial charge in [-0.15, -0.1) is 0 Å². The fourth-order valence-electron chi connectivity index (χ4n) is 1.98. The highest BCUT2D eigenvalue weighted by Gasteiger charge is 2.08. The van der Waals surface area contributed by atoms with E-state index in [4.69, 9.17) is 0 Å². The first-order chi connectivity index (χ1) is 7.77. The zero-order valence-electron chi connectivity index (χ0n) is 10.3. The molecule has 0 heterocycles. The first kappa shape index (κ1) is 14.0. The lowest BCUT2D eigenvalue weighted by Gasteiger charge is -2.16. The molecule has 1 aromatic rings. The average Bonchev–Trinajstić information content (AvgIpc) is 2.29. The lowest BCUT2D eigenvalue weighted by molar-refractivity contribution is 0.505. The zero-order chi connectivity index (χ0) is 11.8. The van der Waals surface area contributed by atoms with Gasteiger partial charge in [0.25, 0.3) is 0 Å². The molecule has 0 radical (unpaired) electrons. The molecule has 1 aromatic carbocycles. The minimum Gasteiger partial charge on any atom is -0.313 e. The normalized spacial score (nSPS) is 12.7. The summed E-state index contributed by atoms with van der Waals surface area (Å²) in [6.07, 6.45) is 6.61. The Kier molecular flexibility index (Phi) is 7.05. The lowest BCUT2D eigenvalue weighted by Crippen LogP contribution is -2.16. The van der Waals surface area contributed by atoms with E-state index in [2.05, 4.69) is 66.1 Å². The Bertz CT molecular complexity index is 299. The van der Waals surface area contributed by atoms with Crippen LogP contribution in [-0.4, -0.2) is 7.05 Å². The van der Waals surface area contributed by atoms with Crippen LogP contribution in [0.5, 0.6) is 0 Å². The van der Waals surface area contributed by atoms with Gasteiger partial charge >= 0.3 is 0 Å². The van der Waals surface area contributed by atoms with E-state index < -0.39 is 0 Å². The molecule has 0 amide bonds. The Hall–Kier alpha value is -0.0900. The van der Waals surface area contributed by atoms with Crippen LogP contribution in [0.2, 0.25) is 0 Å². The van der Waals surface area contributed by atoms with Crippen molar-refractivity contribution in [2.24, 2.45) is 0 Å². The molecule has 16 heavy (non-hydrogen) atoms. The van der Waals surface area contributed by atoms with Crippen LogP contribution in [0.25, 0.3) is 0 Å². The van der Waals surface area contributed by atoms with E-state index in [1.807, 2.05) is 0 Å². The molecular formula is C14H22IN. The summed E-state index contributed by atoms with van der Waals surface area (Å²) in [6, 6.07) is 9.32. The third kappa shape index (κ3) is 4.83. The number of unbranched alkanes of at least 4 members (excludes halogenated alkanes) is 3. The molecular weight excluding hydrogens is 309 g/mol. The first-order valence-electron chi connectivity index (χ1n) is 6.20. The van der Waals surface area contributed by atoms with E-state index in [0.717, 1.165) is 0 Å². The molecule has 90 valence electrons. The van der Waals surface area contributed by atoms with Crippen LogP contribution < -0.4 is 5.32 Å². The molecule has 0 bridgehead atoms. The Balaban J connectivity index is 2.47.